The lowest BCUT2D eigenvalue weighted by atomic mass is 9.44. The summed E-state index contributed by atoms with van der Waals surface area (Å²) >= 11 is 1.81. The van der Waals surface area contributed by atoms with Crippen LogP contribution in [0.2, 0.25) is 0 Å². The van der Waals surface area contributed by atoms with E-state index in [0.717, 1.165) is 18.9 Å². The van der Waals surface area contributed by atoms with Gasteiger partial charge in [0.2, 0.25) is 0 Å². The molecule has 5 rings (SSSR count). The van der Waals surface area contributed by atoms with E-state index in [2.05, 4.69) is 20.1 Å². The maximum absolute atomic E-state index is 17.1. The SMILES string of the molecule is CCCC1C2C[C@H]3[C@@H]4C(=O)C(F)C5=CC(=O)C(O)C(=O)[C@]5(C)C4(F)CC[C@]3(C)C12SC. The lowest BCUT2D eigenvalue weighted by Gasteiger charge is -2.61. The molecular formula is C24H30F2O4S. The minimum atomic E-state index is -2.29. The minimum Gasteiger partial charge on any atom is -0.377 e. The molecule has 6 unspecified atom stereocenters. The fourth-order valence-electron chi connectivity index (χ4n) is 8.57. The van der Waals surface area contributed by atoms with Gasteiger partial charge in [0.15, 0.2) is 29.6 Å². The number of ketones is 3. The smallest absolute Gasteiger partial charge is 0.191 e. The van der Waals surface area contributed by atoms with Gasteiger partial charge in [-0.1, -0.05) is 20.3 Å². The third-order valence-corrected chi connectivity index (χ3v) is 11.8. The van der Waals surface area contributed by atoms with Crippen LogP contribution < -0.4 is 0 Å². The van der Waals surface area contributed by atoms with Gasteiger partial charge in [0.1, 0.15) is 5.67 Å². The maximum Gasteiger partial charge on any atom is 0.191 e. The molecule has 170 valence electrons. The number of rotatable bonds is 3. The zero-order chi connectivity index (χ0) is 22.7. The van der Waals surface area contributed by atoms with E-state index in [1.807, 2.05) is 11.8 Å². The van der Waals surface area contributed by atoms with E-state index in [0.29, 0.717) is 24.7 Å². The first-order valence-corrected chi connectivity index (χ1v) is 12.6. The van der Waals surface area contributed by atoms with Crippen molar-refractivity contribution < 1.29 is 28.3 Å². The number of thioether (sulfide) groups is 1. The van der Waals surface area contributed by atoms with Gasteiger partial charge in [0.05, 0.1) is 11.3 Å². The molecule has 5 aliphatic carbocycles. The van der Waals surface area contributed by atoms with E-state index in [1.165, 1.54) is 6.92 Å². The lowest BCUT2D eigenvalue weighted by molar-refractivity contribution is -0.181. The van der Waals surface area contributed by atoms with Crippen molar-refractivity contribution >= 4 is 29.1 Å². The number of fused-ring (bicyclic) bond motifs is 7. The third kappa shape index (κ3) is 2.10. The zero-order valence-electron chi connectivity index (χ0n) is 18.4. The molecule has 0 saturated heterocycles. The van der Waals surface area contributed by atoms with E-state index in [1.54, 1.807) is 0 Å². The molecule has 0 bridgehead atoms. The van der Waals surface area contributed by atoms with Crippen LogP contribution in [0.4, 0.5) is 8.78 Å². The van der Waals surface area contributed by atoms with Crippen LogP contribution in [0.15, 0.2) is 11.6 Å². The Labute approximate surface area is 185 Å². The Hall–Kier alpha value is -1.08. The quantitative estimate of drug-likeness (QED) is 0.662. The summed E-state index contributed by atoms with van der Waals surface area (Å²) in [5.41, 5.74) is -5.00. The van der Waals surface area contributed by atoms with Crippen LogP contribution in [0.5, 0.6) is 0 Å². The van der Waals surface area contributed by atoms with Crippen molar-refractivity contribution in [2.75, 3.05) is 6.26 Å². The number of hydrogen-bond acceptors (Lipinski definition) is 5. The fraction of sp³-hybridized carbons (Fsp3) is 0.792. The van der Waals surface area contributed by atoms with Gasteiger partial charge in [0.25, 0.3) is 0 Å². The summed E-state index contributed by atoms with van der Waals surface area (Å²) in [4.78, 5) is 38.4. The molecule has 10 atom stereocenters. The van der Waals surface area contributed by atoms with Gasteiger partial charge in [-0.3, -0.25) is 14.4 Å². The number of aliphatic hydroxyl groups is 1. The average Bonchev–Trinajstić information content (AvgIpc) is 3.27. The standard InChI is InChI=1S/C24H30F2O4S/c1-5-6-11-12-9-13-16-19(29)17(25)14-10-15(27)18(28)20(30)22(14,3)23(16,26)8-7-21(13,2)24(11,12)31-4/h10-13,16-18,28H,5-9H2,1-4H3/t11?,12?,13-,16+,17?,18?,21-,22+,23?,24?/m0/s1. The first-order chi connectivity index (χ1) is 14.5. The van der Waals surface area contributed by atoms with Crippen molar-refractivity contribution in [1.82, 2.24) is 0 Å². The number of carbonyl (C=O) groups excluding carboxylic acids is 3. The molecule has 0 aromatic carbocycles. The predicted octanol–water partition coefficient (Wildman–Crippen LogP) is 3.65. The summed E-state index contributed by atoms with van der Waals surface area (Å²) in [6.07, 6.45) is 2.01. The van der Waals surface area contributed by atoms with Crippen molar-refractivity contribution in [3.05, 3.63) is 11.6 Å². The molecule has 0 aromatic heterocycles. The summed E-state index contributed by atoms with van der Waals surface area (Å²) < 4.78 is 32.5. The Morgan fingerprint density at radius 1 is 1.19 bits per heavy atom. The molecular weight excluding hydrogens is 422 g/mol. The normalized spacial score (nSPS) is 55.2. The van der Waals surface area contributed by atoms with Gasteiger partial charge in [-0.15, -0.1) is 0 Å². The number of halogens is 2. The molecule has 0 heterocycles. The lowest BCUT2D eigenvalue weighted by Crippen LogP contribution is -2.71. The Bertz CT molecular complexity index is 935. The summed E-state index contributed by atoms with van der Waals surface area (Å²) in [7, 11) is 0. The van der Waals surface area contributed by atoms with Crippen LogP contribution in [0.1, 0.15) is 52.9 Å². The van der Waals surface area contributed by atoms with Crippen molar-refractivity contribution in [3.63, 3.8) is 0 Å². The highest BCUT2D eigenvalue weighted by Gasteiger charge is 2.83. The molecule has 4 nitrogen and oxygen atoms in total. The predicted molar refractivity (Wildman–Crippen MR) is 113 cm³/mol. The van der Waals surface area contributed by atoms with Gasteiger partial charge in [0, 0.05) is 4.75 Å². The van der Waals surface area contributed by atoms with Crippen LogP contribution in [0.3, 0.4) is 0 Å². The van der Waals surface area contributed by atoms with Gasteiger partial charge < -0.3 is 5.11 Å². The topological polar surface area (TPSA) is 71.4 Å². The highest BCUT2D eigenvalue weighted by molar-refractivity contribution is 8.00. The molecule has 0 radical (unpaired) electrons. The molecule has 1 N–H and O–H groups in total. The molecule has 4 fully saturated rings. The Balaban J connectivity index is 1.63. The third-order valence-electron chi connectivity index (χ3n) is 10.1. The monoisotopic (exact) mass is 452 g/mol. The average molecular weight is 453 g/mol. The molecule has 4 saturated carbocycles. The number of aliphatic hydroxyl groups excluding tert-OH is 1. The number of allylic oxidation sites excluding steroid dienone is 1. The van der Waals surface area contributed by atoms with Crippen LogP contribution in [0, 0.1) is 34.5 Å². The first kappa shape index (κ1) is 21.7. The van der Waals surface area contributed by atoms with E-state index in [4.69, 9.17) is 0 Å². The number of Topliss-reactive ketones (excluding diaryl/α,β-unsaturated/α-hetero) is 2. The van der Waals surface area contributed by atoms with Crippen molar-refractivity contribution in [1.29, 1.82) is 0 Å². The Kier molecular flexibility index (Phi) is 4.41. The molecule has 0 spiro atoms. The second-order valence-electron chi connectivity index (χ2n) is 10.8. The van der Waals surface area contributed by atoms with Crippen LogP contribution in [-0.4, -0.2) is 51.4 Å². The highest BCUT2D eigenvalue weighted by Crippen LogP contribution is 2.83. The highest BCUT2D eigenvalue weighted by atomic mass is 32.2. The largest absolute Gasteiger partial charge is 0.377 e. The van der Waals surface area contributed by atoms with Crippen LogP contribution in [0.25, 0.3) is 0 Å². The van der Waals surface area contributed by atoms with Gasteiger partial charge in [-0.05, 0) is 73.7 Å². The van der Waals surface area contributed by atoms with Crippen molar-refractivity contribution in [2.24, 2.45) is 34.5 Å². The Morgan fingerprint density at radius 2 is 1.87 bits per heavy atom. The number of alkyl halides is 2. The van der Waals surface area contributed by atoms with Crippen molar-refractivity contribution in [2.45, 2.75) is 75.6 Å². The number of hydrogen-bond donors (Lipinski definition) is 1. The molecule has 31 heavy (non-hydrogen) atoms. The maximum atomic E-state index is 17.1. The summed E-state index contributed by atoms with van der Waals surface area (Å²) in [5, 5.41) is 10.1. The van der Waals surface area contributed by atoms with Gasteiger partial charge in [-0.25, -0.2) is 8.78 Å². The van der Waals surface area contributed by atoms with E-state index >= 15 is 8.78 Å². The number of carbonyl (C=O) groups is 3. The summed E-state index contributed by atoms with van der Waals surface area (Å²) in [6, 6.07) is 0. The second kappa shape index (κ2) is 6.28. The van der Waals surface area contributed by atoms with E-state index < -0.39 is 52.2 Å². The summed E-state index contributed by atoms with van der Waals surface area (Å²) in [6.45, 7) is 5.59. The summed E-state index contributed by atoms with van der Waals surface area (Å²) in [5.74, 6) is -3.47. The first-order valence-electron chi connectivity index (χ1n) is 11.4. The Morgan fingerprint density at radius 3 is 2.48 bits per heavy atom. The van der Waals surface area contributed by atoms with E-state index in [9.17, 15) is 19.5 Å². The van der Waals surface area contributed by atoms with Crippen LogP contribution >= 0.6 is 11.8 Å². The fourth-order valence-corrected chi connectivity index (χ4v) is 10.4. The molecule has 5 aliphatic rings. The molecule has 0 aliphatic heterocycles. The van der Waals surface area contributed by atoms with Gasteiger partial charge >= 0.3 is 0 Å². The zero-order valence-corrected chi connectivity index (χ0v) is 19.2. The second-order valence-corrected chi connectivity index (χ2v) is 11.8. The molecule has 7 heteroatoms. The molecule has 0 aromatic rings. The molecule has 0 amide bonds. The van der Waals surface area contributed by atoms with E-state index in [-0.39, 0.29) is 22.5 Å². The van der Waals surface area contributed by atoms with Gasteiger partial charge in [-0.2, -0.15) is 11.8 Å². The minimum absolute atomic E-state index is 0.0236. The van der Waals surface area contributed by atoms with Crippen molar-refractivity contribution in [3.8, 4) is 0 Å². The van der Waals surface area contributed by atoms with Crippen LogP contribution in [-0.2, 0) is 14.4 Å².